The summed E-state index contributed by atoms with van der Waals surface area (Å²) in [6.45, 7) is 12.3. The predicted molar refractivity (Wildman–Crippen MR) is 159 cm³/mol. The van der Waals surface area contributed by atoms with E-state index in [-0.39, 0.29) is 17.7 Å². The van der Waals surface area contributed by atoms with E-state index in [2.05, 4.69) is 33.0 Å². The first-order valence-electron chi connectivity index (χ1n) is 14.0. The molecular weight excluding hydrogens is 574 g/mol. The second-order valence-corrected chi connectivity index (χ2v) is 12.5. The zero-order valence-electron chi connectivity index (χ0n) is 23.7. The molecule has 1 aromatic heterocycles. The maximum Gasteiger partial charge on any atom is 0.410 e. The van der Waals surface area contributed by atoms with Crippen molar-refractivity contribution in [3.05, 3.63) is 68.4 Å². The fourth-order valence-corrected chi connectivity index (χ4v) is 6.16. The van der Waals surface area contributed by atoms with Crippen molar-refractivity contribution in [1.29, 1.82) is 0 Å². The van der Waals surface area contributed by atoms with Crippen LogP contribution >= 0.6 is 15.9 Å². The molecule has 0 bridgehead atoms. The monoisotopic (exact) mass is 611 g/mol. The van der Waals surface area contributed by atoms with Crippen molar-refractivity contribution < 1.29 is 19.0 Å². The van der Waals surface area contributed by atoms with E-state index in [0.29, 0.717) is 32.1 Å². The van der Waals surface area contributed by atoms with Crippen LogP contribution in [0.1, 0.15) is 44.7 Å². The third-order valence-corrected chi connectivity index (χ3v) is 8.08. The highest BCUT2D eigenvalue weighted by molar-refractivity contribution is 9.10. The molecule has 1 saturated heterocycles. The number of fused-ring (bicyclic) bond motifs is 2. The van der Waals surface area contributed by atoms with Crippen molar-refractivity contribution in [2.75, 3.05) is 32.8 Å². The van der Waals surface area contributed by atoms with Crippen LogP contribution in [-0.2, 0) is 17.8 Å². The lowest BCUT2D eigenvalue weighted by atomic mass is 10.0. The van der Waals surface area contributed by atoms with Crippen molar-refractivity contribution in [2.45, 2.75) is 65.3 Å². The van der Waals surface area contributed by atoms with Gasteiger partial charge in [0.15, 0.2) is 11.5 Å². The molecule has 214 valence electrons. The third kappa shape index (κ3) is 6.63. The number of ether oxygens (including phenoxy) is 3. The summed E-state index contributed by atoms with van der Waals surface area (Å²) in [5, 5.41) is 1.04. The van der Waals surface area contributed by atoms with Crippen molar-refractivity contribution >= 4 is 32.9 Å². The summed E-state index contributed by atoms with van der Waals surface area (Å²) in [5.74, 6) is 1.45. The van der Waals surface area contributed by atoms with E-state index >= 15 is 0 Å². The summed E-state index contributed by atoms with van der Waals surface area (Å²) in [7, 11) is 0. The molecule has 1 fully saturated rings. The van der Waals surface area contributed by atoms with Gasteiger partial charge in [-0.25, -0.2) is 4.79 Å². The van der Waals surface area contributed by atoms with E-state index in [0.717, 1.165) is 64.7 Å². The molecule has 0 atom stereocenters. The van der Waals surface area contributed by atoms with E-state index in [9.17, 15) is 9.59 Å². The Hall–Kier alpha value is -3.04. The Morgan fingerprint density at radius 3 is 2.48 bits per heavy atom. The Kier molecular flexibility index (Phi) is 8.42. The number of rotatable bonds is 6. The van der Waals surface area contributed by atoms with E-state index in [1.54, 1.807) is 6.07 Å². The minimum absolute atomic E-state index is 0.00964. The average Bonchev–Trinajstić information content (AvgIpc) is 2.90. The highest BCUT2D eigenvalue weighted by atomic mass is 79.9. The molecule has 9 heteroatoms. The number of aromatic nitrogens is 1. The normalized spacial score (nSPS) is 16.2. The molecule has 40 heavy (non-hydrogen) atoms. The molecule has 2 aliphatic heterocycles. The average molecular weight is 613 g/mol. The molecule has 5 rings (SSSR count). The smallest absolute Gasteiger partial charge is 0.410 e. The fraction of sp³-hybridized carbons (Fsp3) is 0.484. The second kappa shape index (κ2) is 11.8. The van der Waals surface area contributed by atoms with Gasteiger partial charge in [0, 0.05) is 54.7 Å². The Balaban J connectivity index is 1.26. The number of likely N-dealkylation sites (tertiary alicyclic amines) is 1. The number of aryl methyl sites for hydroxylation is 1. The van der Waals surface area contributed by atoms with Crippen molar-refractivity contribution in [1.82, 2.24) is 14.4 Å². The quantitative estimate of drug-likeness (QED) is 0.354. The molecule has 8 nitrogen and oxygen atoms in total. The number of amides is 1. The SMILES string of the molecule is Cc1cc(Br)c2ccc(=O)n(CCN3CCC(N(Cc4ccc5c(c4)OCCO5)C(=O)OC(C)(C)C)CC3)c2c1. The summed E-state index contributed by atoms with van der Waals surface area (Å²) in [5.41, 5.74) is 2.47. The maximum atomic E-state index is 13.4. The van der Waals surface area contributed by atoms with Gasteiger partial charge in [-0.3, -0.25) is 4.79 Å². The van der Waals surface area contributed by atoms with Crippen LogP contribution in [0, 0.1) is 6.92 Å². The van der Waals surface area contributed by atoms with Gasteiger partial charge < -0.3 is 28.6 Å². The molecule has 3 heterocycles. The molecule has 0 N–H and O–H groups in total. The molecule has 0 saturated carbocycles. The van der Waals surface area contributed by atoms with E-state index in [1.807, 2.05) is 61.4 Å². The number of carbonyl (C=O) groups is 1. The number of carbonyl (C=O) groups excluding carboxylic acids is 1. The van der Waals surface area contributed by atoms with Gasteiger partial charge >= 0.3 is 6.09 Å². The zero-order chi connectivity index (χ0) is 28.4. The highest BCUT2D eigenvalue weighted by Gasteiger charge is 2.31. The lowest BCUT2D eigenvalue weighted by molar-refractivity contribution is 0.00562. The van der Waals surface area contributed by atoms with Gasteiger partial charge in [0.2, 0.25) is 0 Å². The largest absolute Gasteiger partial charge is 0.486 e. The molecule has 0 aliphatic carbocycles. The lowest BCUT2D eigenvalue weighted by Crippen LogP contribution is -2.49. The first-order valence-corrected chi connectivity index (χ1v) is 14.8. The van der Waals surface area contributed by atoms with Crippen LogP contribution in [0.2, 0.25) is 0 Å². The van der Waals surface area contributed by atoms with Crippen molar-refractivity contribution in [3.8, 4) is 11.5 Å². The minimum Gasteiger partial charge on any atom is -0.486 e. The van der Waals surface area contributed by atoms with Gasteiger partial charge in [-0.05, 0) is 82.0 Å². The molecule has 2 aliphatic rings. The van der Waals surface area contributed by atoms with Gasteiger partial charge in [0.05, 0.1) is 5.52 Å². The molecule has 2 aromatic carbocycles. The Labute approximate surface area is 243 Å². The van der Waals surface area contributed by atoms with Gasteiger partial charge in [-0.1, -0.05) is 22.0 Å². The van der Waals surface area contributed by atoms with Crippen molar-refractivity contribution in [3.63, 3.8) is 0 Å². The van der Waals surface area contributed by atoms with Crippen LogP contribution in [0.4, 0.5) is 4.79 Å². The summed E-state index contributed by atoms with van der Waals surface area (Å²) in [4.78, 5) is 30.4. The minimum atomic E-state index is -0.581. The van der Waals surface area contributed by atoms with Crippen LogP contribution < -0.4 is 15.0 Å². The fourth-order valence-electron chi connectivity index (χ4n) is 5.46. The van der Waals surface area contributed by atoms with Gasteiger partial charge in [-0.15, -0.1) is 0 Å². The summed E-state index contributed by atoms with van der Waals surface area (Å²) < 4.78 is 20.1. The predicted octanol–water partition coefficient (Wildman–Crippen LogP) is 5.75. The Bertz CT molecular complexity index is 1440. The van der Waals surface area contributed by atoms with Crippen molar-refractivity contribution in [2.24, 2.45) is 0 Å². The van der Waals surface area contributed by atoms with E-state index in [1.165, 1.54) is 0 Å². The number of halogens is 1. The van der Waals surface area contributed by atoms with Crippen LogP contribution in [0.15, 0.2) is 51.7 Å². The van der Waals surface area contributed by atoms with Crippen LogP contribution in [0.5, 0.6) is 11.5 Å². The number of benzene rings is 2. The van der Waals surface area contributed by atoms with Gasteiger partial charge in [0.25, 0.3) is 5.56 Å². The molecule has 0 spiro atoms. The molecule has 0 radical (unpaired) electrons. The zero-order valence-corrected chi connectivity index (χ0v) is 25.3. The van der Waals surface area contributed by atoms with E-state index < -0.39 is 5.60 Å². The molecular formula is C31H38BrN3O5. The number of hydrogen-bond donors (Lipinski definition) is 0. The summed E-state index contributed by atoms with van der Waals surface area (Å²) in [6, 6.07) is 13.6. The number of piperidine rings is 1. The van der Waals surface area contributed by atoms with Gasteiger partial charge in [0.1, 0.15) is 18.8 Å². The molecule has 1 amide bonds. The first-order chi connectivity index (χ1) is 19.1. The summed E-state index contributed by atoms with van der Waals surface area (Å²) in [6.07, 6.45) is 1.36. The van der Waals surface area contributed by atoms with Crippen LogP contribution in [0.3, 0.4) is 0 Å². The number of hydrogen-bond acceptors (Lipinski definition) is 6. The topological polar surface area (TPSA) is 73.2 Å². The summed E-state index contributed by atoms with van der Waals surface area (Å²) >= 11 is 3.64. The Morgan fingerprint density at radius 2 is 1.75 bits per heavy atom. The van der Waals surface area contributed by atoms with Crippen LogP contribution in [-0.4, -0.2) is 65.0 Å². The molecule has 0 unspecified atom stereocenters. The first kappa shape index (κ1) is 28.5. The maximum absolute atomic E-state index is 13.4. The second-order valence-electron chi connectivity index (χ2n) is 11.7. The standard InChI is InChI=1S/C31H38BrN3O5/c1-21-17-25(32)24-6-8-29(36)34(26(24)18-21)14-13-33-11-9-23(10-12-33)35(30(37)40-31(2,3)4)20-22-5-7-27-28(19-22)39-16-15-38-27/h5-8,17-19,23H,9-16,20H2,1-4H3. The number of pyridine rings is 1. The Morgan fingerprint density at radius 1 is 1.02 bits per heavy atom. The van der Waals surface area contributed by atoms with E-state index in [4.69, 9.17) is 14.2 Å². The van der Waals surface area contributed by atoms with Crippen LogP contribution in [0.25, 0.3) is 10.9 Å². The third-order valence-electron chi connectivity index (χ3n) is 7.43. The van der Waals surface area contributed by atoms with Gasteiger partial charge in [-0.2, -0.15) is 0 Å². The highest BCUT2D eigenvalue weighted by Crippen LogP contribution is 2.32. The lowest BCUT2D eigenvalue weighted by Gasteiger charge is -2.39. The number of nitrogens with zero attached hydrogens (tertiary/aromatic N) is 3. The molecule has 3 aromatic rings.